The van der Waals surface area contributed by atoms with Gasteiger partial charge < -0.3 is 4.74 Å². The summed E-state index contributed by atoms with van der Waals surface area (Å²) in [6, 6.07) is 4.66. The number of methoxy groups -OCH3 is 1. The Morgan fingerprint density at radius 2 is 2.00 bits per heavy atom. The Balaban J connectivity index is 2.58. The fourth-order valence-electron chi connectivity index (χ4n) is 1.69. The highest BCUT2D eigenvalue weighted by Crippen LogP contribution is 2.30. The van der Waals surface area contributed by atoms with Gasteiger partial charge in [0, 0.05) is 0 Å². The van der Waals surface area contributed by atoms with E-state index in [1.165, 1.54) is 37.0 Å². The predicted octanol–water partition coefficient (Wildman–Crippen LogP) is 2.57. The highest BCUT2D eigenvalue weighted by atomic mass is 19.4. The second-order valence-electron chi connectivity index (χ2n) is 4.10. The van der Waals surface area contributed by atoms with Crippen molar-refractivity contribution < 1.29 is 17.9 Å². The van der Waals surface area contributed by atoms with E-state index < -0.39 is 17.2 Å². The number of halogens is 3. The van der Waals surface area contributed by atoms with Crippen LogP contribution in [0.1, 0.15) is 11.3 Å². The number of benzene rings is 1. The Morgan fingerprint density at radius 3 is 2.60 bits per heavy atom. The zero-order valence-corrected chi connectivity index (χ0v) is 10.7. The summed E-state index contributed by atoms with van der Waals surface area (Å²) in [6.07, 6.45) is -3.18. The summed E-state index contributed by atoms with van der Waals surface area (Å²) >= 11 is 0. The molecule has 20 heavy (non-hydrogen) atoms. The Morgan fingerprint density at radius 1 is 1.30 bits per heavy atom. The molecule has 0 fully saturated rings. The van der Waals surface area contributed by atoms with E-state index in [4.69, 9.17) is 4.74 Å². The second kappa shape index (κ2) is 4.99. The van der Waals surface area contributed by atoms with E-state index >= 15 is 0 Å². The lowest BCUT2D eigenvalue weighted by Crippen LogP contribution is -2.16. The molecule has 0 radical (unpaired) electrons. The maximum Gasteiger partial charge on any atom is 0.416 e. The lowest BCUT2D eigenvalue weighted by Gasteiger charge is -2.11. The van der Waals surface area contributed by atoms with E-state index in [0.29, 0.717) is 0 Å². The number of ether oxygens (including phenoxy) is 1. The zero-order chi connectivity index (χ0) is 14.9. The summed E-state index contributed by atoms with van der Waals surface area (Å²) in [7, 11) is 1.31. The average Bonchev–Trinajstić information content (AvgIpc) is 2.41. The minimum atomic E-state index is -4.44. The van der Waals surface area contributed by atoms with Crippen LogP contribution in [-0.2, 0) is 6.18 Å². The van der Waals surface area contributed by atoms with Crippen molar-refractivity contribution in [2.24, 2.45) is 0 Å². The van der Waals surface area contributed by atoms with Gasteiger partial charge in [0.05, 0.1) is 24.6 Å². The average molecular weight is 284 g/mol. The SMILES string of the molecule is COc1cn(-c2cccc(C(F)(F)F)c2)nc(C)c1=O. The van der Waals surface area contributed by atoms with Gasteiger partial charge in [0.25, 0.3) is 0 Å². The van der Waals surface area contributed by atoms with Crippen LogP contribution in [0.4, 0.5) is 13.2 Å². The zero-order valence-electron chi connectivity index (χ0n) is 10.7. The molecule has 0 N–H and O–H groups in total. The Bertz CT molecular complexity index is 693. The van der Waals surface area contributed by atoms with Crippen molar-refractivity contribution in [3.05, 3.63) is 51.9 Å². The lowest BCUT2D eigenvalue weighted by molar-refractivity contribution is -0.137. The summed E-state index contributed by atoms with van der Waals surface area (Å²) < 4.78 is 44.1. The van der Waals surface area contributed by atoms with Gasteiger partial charge in [0.2, 0.25) is 5.43 Å². The molecular formula is C13H11F3N2O2. The molecule has 0 aliphatic rings. The smallest absolute Gasteiger partial charge is 0.416 e. The van der Waals surface area contributed by atoms with Crippen molar-refractivity contribution in [3.8, 4) is 11.4 Å². The van der Waals surface area contributed by atoms with E-state index in [9.17, 15) is 18.0 Å². The number of rotatable bonds is 2. The monoisotopic (exact) mass is 284 g/mol. The van der Waals surface area contributed by atoms with Gasteiger partial charge >= 0.3 is 6.18 Å². The fraction of sp³-hybridized carbons (Fsp3) is 0.231. The minimum absolute atomic E-state index is 0.0231. The first kappa shape index (κ1) is 14.1. The maximum absolute atomic E-state index is 12.7. The molecule has 0 saturated heterocycles. The van der Waals surface area contributed by atoms with Gasteiger partial charge in [-0.1, -0.05) is 6.07 Å². The van der Waals surface area contributed by atoms with Gasteiger partial charge in [-0.05, 0) is 25.1 Å². The van der Waals surface area contributed by atoms with E-state index in [-0.39, 0.29) is 17.1 Å². The van der Waals surface area contributed by atoms with Crippen LogP contribution in [0.5, 0.6) is 5.75 Å². The molecule has 0 aliphatic heterocycles. The highest BCUT2D eigenvalue weighted by Gasteiger charge is 2.30. The third-order valence-corrected chi connectivity index (χ3v) is 2.71. The molecule has 4 nitrogen and oxygen atoms in total. The molecule has 0 spiro atoms. The lowest BCUT2D eigenvalue weighted by atomic mass is 10.2. The molecular weight excluding hydrogens is 273 g/mol. The van der Waals surface area contributed by atoms with Crippen molar-refractivity contribution in [2.45, 2.75) is 13.1 Å². The Hall–Kier alpha value is -2.31. The van der Waals surface area contributed by atoms with E-state index in [1.807, 2.05) is 0 Å². The van der Waals surface area contributed by atoms with Gasteiger partial charge in [-0.2, -0.15) is 18.3 Å². The number of aromatic nitrogens is 2. The number of aryl methyl sites for hydroxylation is 1. The standard InChI is InChI=1S/C13H11F3N2O2/c1-8-12(19)11(20-2)7-18(17-8)10-5-3-4-9(6-10)13(14,15)16/h3-7H,1-2H3. The van der Waals surface area contributed by atoms with Gasteiger partial charge in [0.15, 0.2) is 5.75 Å². The normalized spacial score (nSPS) is 11.4. The predicted molar refractivity (Wildman–Crippen MR) is 66.1 cm³/mol. The summed E-state index contributed by atoms with van der Waals surface area (Å²) in [5, 5.41) is 3.93. The Kier molecular flexibility index (Phi) is 3.52. The molecule has 0 unspecified atom stereocenters. The second-order valence-corrected chi connectivity index (χ2v) is 4.10. The molecule has 1 heterocycles. The van der Waals surface area contributed by atoms with Gasteiger partial charge in [-0.15, -0.1) is 0 Å². The topological polar surface area (TPSA) is 44.1 Å². The van der Waals surface area contributed by atoms with Crippen LogP contribution in [0.3, 0.4) is 0 Å². The first-order valence-corrected chi connectivity index (χ1v) is 5.65. The van der Waals surface area contributed by atoms with Crippen molar-refractivity contribution in [3.63, 3.8) is 0 Å². The van der Waals surface area contributed by atoms with E-state index in [2.05, 4.69) is 5.10 Å². The van der Waals surface area contributed by atoms with Crippen LogP contribution in [0, 0.1) is 6.92 Å². The van der Waals surface area contributed by atoms with Crippen LogP contribution < -0.4 is 10.2 Å². The van der Waals surface area contributed by atoms with Crippen LogP contribution in [0.2, 0.25) is 0 Å². The summed E-state index contributed by atoms with van der Waals surface area (Å²) in [5.74, 6) is 0.0231. The van der Waals surface area contributed by atoms with Crippen LogP contribution >= 0.6 is 0 Å². The molecule has 1 aromatic heterocycles. The van der Waals surface area contributed by atoms with E-state index in [0.717, 1.165) is 12.1 Å². The summed E-state index contributed by atoms with van der Waals surface area (Å²) in [6.45, 7) is 1.47. The third-order valence-electron chi connectivity index (χ3n) is 2.71. The molecule has 0 saturated carbocycles. The largest absolute Gasteiger partial charge is 0.491 e. The highest BCUT2D eigenvalue weighted by molar-refractivity contribution is 5.37. The van der Waals surface area contributed by atoms with Gasteiger partial charge in [-0.3, -0.25) is 4.79 Å². The fourth-order valence-corrected chi connectivity index (χ4v) is 1.69. The number of hydrogen-bond acceptors (Lipinski definition) is 3. The molecule has 106 valence electrons. The van der Waals surface area contributed by atoms with Crippen molar-refractivity contribution >= 4 is 0 Å². The molecule has 7 heteroatoms. The maximum atomic E-state index is 12.7. The first-order valence-electron chi connectivity index (χ1n) is 5.65. The molecule has 2 aromatic rings. The molecule has 0 amide bonds. The van der Waals surface area contributed by atoms with Crippen LogP contribution in [0.15, 0.2) is 35.3 Å². The van der Waals surface area contributed by atoms with Crippen molar-refractivity contribution in [1.29, 1.82) is 0 Å². The molecule has 1 aromatic carbocycles. The van der Waals surface area contributed by atoms with Crippen molar-refractivity contribution in [2.75, 3.05) is 7.11 Å². The third kappa shape index (κ3) is 2.66. The number of hydrogen-bond donors (Lipinski definition) is 0. The quantitative estimate of drug-likeness (QED) is 0.851. The summed E-state index contributed by atoms with van der Waals surface area (Å²) in [4.78, 5) is 11.6. The number of nitrogens with zero attached hydrogens (tertiary/aromatic N) is 2. The van der Waals surface area contributed by atoms with E-state index in [1.54, 1.807) is 0 Å². The Labute approximate surface area is 112 Å². The summed E-state index contributed by atoms with van der Waals surface area (Å²) in [5.41, 5.74) is -0.842. The first-order chi connectivity index (χ1) is 9.32. The van der Waals surface area contributed by atoms with Gasteiger partial charge in [-0.25, -0.2) is 4.68 Å². The molecule has 0 atom stereocenters. The van der Waals surface area contributed by atoms with Gasteiger partial charge in [0.1, 0.15) is 5.69 Å². The number of alkyl halides is 3. The van der Waals surface area contributed by atoms with Crippen LogP contribution in [-0.4, -0.2) is 16.9 Å². The molecule has 2 rings (SSSR count). The van der Waals surface area contributed by atoms with Crippen molar-refractivity contribution in [1.82, 2.24) is 9.78 Å². The molecule has 0 aliphatic carbocycles. The minimum Gasteiger partial charge on any atom is -0.491 e. The molecule has 0 bridgehead atoms. The van der Waals surface area contributed by atoms with Crippen LogP contribution in [0.25, 0.3) is 5.69 Å².